The van der Waals surface area contributed by atoms with Crippen LogP contribution in [-0.4, -0.2) is 51.9 Å². The summed E-state index contributed by atoms with van der Waals surface area (Å²) in [5.41, 5.74) is 2.45. The summed E-state index contributed by atoms with van der Waals surface area (Å²) in [6.45, 7) is 4.16. The van der Waals surface area contributed by atoms with Gasteiger partial charge in [0.2, 0.25) is 5.91 Å². The van der Waals surface area contributed by atoms with Crippen LogP contribution in [0.2, 0.25) is 0 Å². The number of aryl methyl sites for hydroxylation is 1. The molecule has 0 bridgehead atoms. The first-order chi connectivity index (χ1) is 15.5. The molecule has 0 radical (unpaired) electrons. The van der Waals surface area contributed by atoms with Gasteiger partial charge in [-0.05, 0) is 42.8 Å². The largest absolute Gasteiger partial charge is 0.368 e. The highest BCUT2D eigenvalue weighted by Crippen LogP contribution is 2.27. The summed E-state index contributed by atoms with van der Waals surface area (Å²) in [6.07, 6.45) is 0. The fourth-order valence-electron chi connectivity index (χ4n) is 3.94. The Morgan fingerprint density at radius 2 is 1.38 bits per heavy atom. The van der Waals surface area contributed by atoms with Crippen molar-refractivity contribution in [2.75, 3.05) is 41.9 Å². The van der Waals surface area contributed by atoms with Gasteiger partial charge in [-0.15, -0.1) is 0 Å². The van der Waals surface area contributed by atoms with E-state index >= 15 is 0 Å². The quantitative estimate of drug-likeness (QED) is 0.578. The zero-order chi connectivity index (χ0) is 22.6. The van der Waals surface area contributed by atoms with Crippen molar-refractivity contribution in [3.63, 3.8) is 0 Å². The molecule has 6 nitrogen and oxygen atoms in total. The van der Waals surface area contributed by atoms with Gasteiger partial charge >= 0.3 is 0 Å². The minimum absolute atomic E-state index is 0.171. The van der Waals surface area contributed by atoms with Crippen LogP contribution in [0.3, 0.4) is 0 Å². The third-order valence-corrected chi connectivity index (χ3v) is 7.52. The molecule has 1 fully saturated rings. The molecule has 4 rings (SSSR count). The summed E-state index contributed by atoms with van der Waals surface area (Å²) < 4.78 is 28.2. The molecule has 0 aromatic heterocycles. The van der Waals surface area contributed by atoms with E-state index in [0.717, 1.165) is 11.3 Å². The van der Waals surface area contributed by atoms with E-state index in [1.807, 2.05) is 37.3 Å². The third kappa shape index (κ3) is 4.62. The lowest BCUT2D eigenvalue weighted by molar-refractivity contribution is -0.129. The molecule has 0 aliphatic carbocycles. The summed E-state index contributed by atoms with van der Waals surface area (Å²) in [4.78, 5) is 17.4. The Morgan fingerprint density at radius 3 is 2.00 bits per heavy atom. The molecular weight excluding hydrogens is 422 g/mol. The number of hydrogen-bond acceptors (Lipinski definition) is 4. The number of carbonyl (C=O) groups excluding carboxylic acids is 1. The zero-order valence-corrected chi connectivity index (χ0v) is 18.9. The van der Waals surface area contributed by atoms with Crippen molar-refractivity contribution in [1.82, 2.24) is 4.90 Å². The van der Waals surface area contributed by atoms with Crippen LogP contribution in [0, 0.1) is 6.92 Å². The van der Waals surface area contributed by atoms with Crippen molar-refractivity contribution >= 4 is 27.3 Å². The van der Waals surface area contributed by atoms with E-state index in [-0.39, 0.29) is 17.3 Å². The number of para-hydroxylation sites is 2. The number of hydrogen-bond donors (Lipinski definition) is 0. The third-order valence-electron chi connectivity index (χ3n) is 5.75. The number of benzene rings is 3. The standard InChI is InChI=1S/C25H27N3O3S/c1-21-10-8-9-15-24(21)28(32(30,31)23-13-6-3-7-14-23)20-25(29)27-18-16-26(17-19-27)22-11-4-2-5-12-22/h2-15H,16-20H2,1H3. The SMILES string of the molecule is Cc1ccccc1N(CC(=O)N1CCN(c2ccccc2)CC1)S(=O)(=O)c1ccccc1. The second-order valence-electron chi connectivity index (χ2n) is 7.81. The van der Waals surface area contributed by atoms with Crippen LogP contribution in [0.15, 0.2) is 89.8 Å². The monoisotopic (exact) mass is 449 g/mol. The van der Waals surface area contributed by atoms with Gasteiger partial charge in [-0.2, -0.15) is 0 Å². The molecule has 0 unspecified atom stereocenters. The summed E-state index contributed by atoms with van der Waals surface area (Å²) in [6, 6.07) is 25.6. The fraction of sp³-hybridized carbons (Fsp3) is 0.240. The Bertz CT molecular complexity index is 1160. The van der Waals surface area contributed by atoms with Crippen LogP contribution >= 0.6 is 0 Å². The summed E-state index contributed by atoms with van der Waals surface area (Å²) in [5, 5.41) is 0. The van der Waals surface area contributed by atoms with Gasteiger partial charge in [0, 0.05) is 31.9 Å². The van der Waals surface area contributed by atoms with E-state index in [1.54, 1.807) is 47.4 Å². The molecule has 0 N–H and O–H groups in total. The smallest absolute Gasteiger partial charge is 0.264 e. The van der Waals surface area contributed by atoms with E-state index in [9.17, 15) is 13.2 Å². The van der Waals surface area contributed by atoms with E-state index in [2.05, 4.69) is 17.0 Å². The van der Waals surface area contributed by atoms with Crippen molar-refractivity contribution in [1.29, 1.82) is 0 Å². The minimum Gasteiger partial charge on any atom is -0.368 e. The lowest BCUT2D eigenvalue weighted by atomic mass is 10.2. The van der Waals surface area contributed by atoms with Crippen LogP contribution < -0.4 is 9.21 Å². The summed E-state index contributed by atoms with van der Waals surface area (Å²) in [5.74, 6) is -0.194. The Kier molecular flexibility index (Phi) is 6.46. The Hall–Kier alpha value is -3.32. The van der Waals surface area contributed by atoms with E-state index < -0.39 is 10.0 Å². The molecule has 32 heavy (non-hydrogen) atoms. The normalized spacial score (nSPS) is 14.3. The molecule has 0 spiro atoms. The maximum Gasteiger partial charge on any atom is 0.264 e. The molecule has 0 saturated carbocycles. The van der Waals surface area contributed by atoms with Crippen molar-refractivity contribution in [2.24, 2.45) is 0 Å². The summed E-state index contributed by atoms with van der Waals surface area (Å²) >= 11 is 0. The van der Waals surface area contributed by atoms with E-state index in [0.29, 0.717) is 31.9 Å². The first kappa shape index (κ1) is 21.9. The van der Waals surface area contributed by atoms with Crippen LogP contribution in [0.4, 0.5) is 11.4 Å². The van der Waals surface area contributed by atoms with Gasteiger partial charge in [0.25, 0.3) is 10.0 Å². The van der Waals surface area contributed by atoms with E-state index in [1.165, 1.54) is 4.31 Å². The number of sulfonamides is 1. The van der Waals surface area contributed by atoms with Crippen LogP contribution in [-0.2, 0) is 14.8 Å². The number of anilines is 2. The molecular formula is C25H27N3O3S. The Balaban J connectivity index is 1.54. The average Bonchev–Trinajstić information content (AvgIpc) is 2.84. The molecule has 1 amide bonds. The topological polar surface area (TPSA) is 60.9 Å². The van der Waals surface area contributed by atoms with Gasteiger partial charge in [-0.1, -0.05) is 54.6 Å². The van der Waals surface area contributed by atoms with Gasteiger partial charge in [0.15, 0.2) is 0 Å². The van der Waals surface area contributed by atoms with Crippen LogP contribution in [0.25, 0.3) is 0 Å². The van der Waals surface area contributed by atoms with Gasteiger partial charge in [0.1, 0.15) is 6.54 Å². The zero-order valence-electron chi connectivity index (χ0n) is 18.1. The highest BCUT2D eigenvalue weighted by atomic mass is 32.2. The molecule has 7 heteroatoms. The molecule has 1 saturated heterocycles. The number of amides is 1. The number of piperazine rings is 1. The van der Waals surface area contributed by atoms with Crippen LogP contribution in [0.5, 0.6) is 0 Å². The predicted molar refractivity (Wildman–Crippen MR) is 127 cm³/mol. The fourth-order valence-corrected chi connectivity index (χ4v) is 5.44. The Morgan fingerprint density at radius 1 is 0.812 bits per heavy atom. The maximum atomic E-state index is 13.5. The van der Waals surface area contributed by atoms with Crippen molar-refractivity contribution in [2.45, 2.75) is 11.8 Å². The highest BCUT2D eigenvalue weighted by molar-refractivity contribution is 7.92. The van der Waals surface area contributed by atoms with Gasteiger partial charge in [-0.3, -0.25) is 9.10 Å². The highest BCUT2D eigenvalue weighted by Gasteiger charge is 2.30. The summed E-state index contributed by atoms with van der Waals surface area (Å²) in [7, 11) is -3.89. The van der Waals surface area contributed by atoms with Crippen molar-refractivity contribution in [3.8, 4) is 0 Å². The van der Waals surface area contributed by atoms with E-state index in [4.69, 9.17) is 0 Å². The average molecular weight is 450 g/mol. The molecule has 1 heterocycles. The second kappa shape index (κ2) is 9.44. The number of nitrogens with zero attached hydrogens (tertiary/aromatic N) is 3. The molecule has 3 aromatic carbocycles. The molecule has 1 aliphatic rings. The lowest BCUT2D eigenvalue weighted by Gasteiger charge is -2.37. The number of rotatable bonds is 6. The first-order valence-corrected chi connectivity index (χ1v) is 12.1. The first-order valence-electron chi connectivity index (χ1n) is 10.7. The second-order valence-corrected chi connectivity index (χ2v) is 9.68. The minimum atomic E-state index is -3.89. The van der Waals surface area contributed by atoms with Gasteiger partial charge in [-0.25, -0.2) is 8.42 Å². The van der Waals surface area contributed by atoms with Gasteiger partial charge in [0.05, 0.1) is 10.6 Å². The number of carbonyl (C=O) groups is 1. The van der Waals surface area contributed by atoms with Crippen LogP contribution in [0.1, 0.15) is 5.56 Å². The van der Waals surface area contributed by atoms with Crippen molar-refractivity contribution < 1.29 is 13.2 Å². The predicted octanol–water partition coefficient (Wildman–Crippen LogP) is 3.54. The van der Waals surface area contributed by atoms with Gasteiger partial charge < -0.3 is 9.80 Å². The molecule has 1 aliphatic heterocycles. The molecule has 3 aromatic rings. The van der Waals surface area contributed by atoms with Crippen molar-refractivity contribution in [3.05, 3.63) is 90.5 Å². The lowest BCUT2D eigenvalue weighted by Crippen LogP contribution is -2.52. The molecule has 0 atom stereocenters. The maximum absolute atomic E-state index is 13.5. The Labute approximate surface area is 189 Å². The molecule has 166 valence electrons.